The van der Waals surface area contributed by atoms with Crippen LogP contribution in [-0.4, -0.2) is 42.4 Å². The molecule has 0 radical (unpaired) electrons. The second kappa shape index (κ2) is 7.37. The van der Waals surface area contributed by atoms with Crippen molar-refractivity contribution >= 4 is 11.6 Å². The lowest BCUT2D eigenvalue weighted by Gasteiger charge is -2.24. The van der Waals surface area contributed by atoms with E-state index in [1.165, 1.54) is 0 Å². The highest BCUT2D eigenvalue weighted by atomic mass is 16.6. The first-order valence-corrected chi connectivity index (χ1v) is 7.02. The summed E-state index contributed by atoms with van der Waals surface area (Å²) in [7, 11) is 0. The molecule has 1 aromatic rings. The lowest BCUT2D eigenvalue weighted by molar-refractivity contribution is -0.0819. The Bertz CT molecular complexity index is 435. The molecule has 0 spiro atoms. The van der Waals surface area contributed by atoms with Gasteiger partial charge in [0.25, 0.3) is 0 Å². The molecule has 1 aliphatic heterocycles. The summed E-state index contributed by atoms with van der Waals surface area (Å²) in [5.41, 5.74) is 3.53. The van der Waals surface area contributed by atoms with Gasteiger partial charge in [0.1, 0.15) is 17.5 Å². The number of nitrogens with zero attached hydrogens (tertiary/aromatic N) is 2. The first kappa shape index (κ1) is 15.0. The van der Waals surface area contributed by atoms with Crippen LogP contribution in [0.4, 0.5) is 11.6 Å². The van der Waals surface area contributed by atoms with E-state index in [1.54, 1.807) is 0 Å². The molecule has 20 heavy (non-hydrogen) atoms. The lowest BCUT2D eigenvalue weighted by atomic mass is 10.2. The molecular weight excluding hydrogens is 258 g/mol. The second-order valence-electron chi connectivity index (χ2n) is 4.81. The van der Waals surface area contributed by atoms with Crippen molar-refractivity contribution in [1.29, 1.82) is 0 Å². The molecule has 7 heteroatoms. The molecule has 1 aromatic heterocycles. The number of anilines is 2. The Morgan fingerprint density at radius 2 is 2.10 bits per heavy atom. The van der Waals surface area contributed by atoms with Gasteiger partial charge in [-0.3, -0.25) is 0 Å². The van der Waals surface area contributed by atoms with E-state index in [-0.39, 0.29) is 6.10 Å². The van der Waals surface area contributed by atoms with Crippen molar-refractivity contribution in [2.24, 2.45) is 5.84 Å². The fraction of sp³-hybridized carbons (Fsp3) is 0.692. The molecule has 1 saturated heterocycles. The zero-order valence-electron chi connectivity index (χ0n) is 12.1. The van der Waals surface area contributed by atoms with E-state index >= 15 is 0 Å². The molecule has 1 aliphatic rings. The predicted molar refractivity (Wildman–Crippen MR) is 77.6 cm³/mol. The lowest BCUT2D eigenvalue weighted by Crippen LogP contribution is -2.34. The van der Waals surface area contributed by atoms with Gasteiger partial charge < -0.3 is 20.2 Å². The number of hydrazine groups is 1. The topological polar surface area (TPSA) is 94.3 Å². The summed E-state index contributed by atoms with van der Waals surface area (Å²) in [4.78, 5) is 8.93. The largest absolute Gasteiger partial charge is 0.376 e. The van der Waals surface area contributed by atoms with E-state index in [0.29, 0.717) is 32.2 Å². The first-order chi connectivity index (χ1) is 9.74. The molecule has 0 bridgehead atoms. The highest BCUT2D eigenvalue weighted by Crippen LogP contribution is 2.20. The van der Waals surface area contributed by atoms with E-state index in [4.69, 9.17) is 15.3 Å². The van der Waals surface area contributed by atoms with Gasteiger partial charge in [-0.05, 0) is 13.3 Å². The van der Waals surface area contributed by atoms with Crippen molar-refractivity contribution < 1.29 is 9.47 Å². The van der Waals surface area contributed by atoms with Crippen LogP contribution in [0.25, 0.3) is 0 Å². The highest BCUT2D eigenvalue weighted by Gasteiger charge is 2.16. The van der Waals surface area contributed by atoms with Crippen molar-refractivity contribution in [3.63, 3.8) is 0 Å². The Balaban J connectivity index is 2.06. The number of nitrogen functional groups attached to an aromatic ring is 1. The molecule has 1 atom stereocenters. The van der Waals surface area contributed by atoms with Crippen LogP contribution in [0.2, 0.25) is 0 Å². The normalized spacial score (nSPS) is 18.9. The van der Waals surface area contributed by atoms with Crippen molar-refractivity contribution in [2.75, 3.05) is 37.1 Å². The Labute approximate surface area is 119 Å². The van der Waals surface area contributed by atoms with Crippen LogP contribution in [-0.2, 0) is 15.9 Å². The number of hydrogen-bond donors (Lipinski definition) is 3. The molecule has 1 fully saturated rings. The van der Waals surface area contributed by atoms with Crippen LogP contribution < -0.4 is 16.6 Å². The van der Waals surface area contributed by atoms with Gasteiger partial charge in [0.15, 0.2) is 0 Å². The van der Waals surface area contributed by atoms with Crippen LogP contribution >= 0.6 is 0 Å². The number of rotatable bonds is 6. The summed E-state index contributed by atoms with van der Waals surface area (Å²) in [5, 5.41) is 3.30. The van der Waals surface area contributed by atoms with Gasteiger partial charge in [0.2, 0.25) is 0 Å². The number of nitrogens with two attached hydrogens (primary N) is 1. The number of aromatic nitrogens is 2. The number of aryl methyl sites for hydroxylation is 1. The van der Waals surface area contributed by atoms with Gasteiger partial charge in [0, 0.05) is 18.5 Å². The molecule has 7 nitrogen and oxygen atoms in total. The minimum atomic E-state index is 0.0574. The number of ether oxygens (including phenoxy) is 2. The molecule has 0 amide bonds. The second-order valence-corrected chi connectivity index (χ2v) is 4.81. The fourth-order valence-electron chi connectivity index (χ4n) is 2.08. The summed E-state index contributed by atoms with van der Waals surface area (Å²) in [6, 6.07) is 0. The van der Waals surface area contributed by atoms with Gasteiger partial charge in [-0.2, -0.15) is 0 Å². The predicted octanol–water partition coefficient (Wildman–Crippen LogP) is 0.850. The van der Waals surface area contributed by atoms with Crippen LogP contribution in [0.1, 0.15) is 24.7 Å². The monoisotopic (exact) mass is 281 g/mol. The zero-order chi connectivity index (χ0) is 14.4. The summed E-state index contributed by atoms with van der Waals surface area (Å²) < 4.78 is 11.0. The van der Waals surface area contributed by atoms with Gasteiger partial charge in [-0.15, -0.1) is 0 Å². The van der Waals surface area contributed by atoms with Gasteiger partial charge >= 0.3 is 0 Å². The van der Waals surface area contributed by atoms with Crippen LogP contribution in [0.3, 0.4) is 0 Å². The highest BCUT2D eigenvalue weighted by molar-refractivity contribution is 5.56. The van der Waals surface area contributed by atoms with E-state index in [9.17, 15) is 0 Å². The van der Waals surface area contributed by atoms with Crippen LogP contribution in [0, 0.1) is 6.92 Å². The molecule has 0 saturated carbocycles. The third-order valence-corrected chi connectivity index (χ3v) is 3.18. The Morgan fingerprint density at radius 1 is 1.30 bits per heavy atom. The van der Waals surface area contributed by atoms with Gasteiger partial charge in [0.05, 0.1) is 25.9 Å². The van der Waals surface area contributed by atoms with Crippen molar-refractivity contribution in [3.8, 4) is 0 Å². The fourth-order valence-corrected chi connectivity index (χ4v) is 2.08. The number of nitrogens with one attached hydrogen (secondary N) is 2. The minimum absolute atomic E-state index is 0.0574. The molecular formula is C13H23N5O2. The molecule has 112 valence electrons. The van der Waals surface area contributed by atoms with Gasteiger partial charge in [-0.25, -0.2) is 15.8 Å². The first-order valence-electron chi connectivity index (χ1n) is 7.02. The molecule has 2 rings (SSSR count). The van der Waals surface area contributed by atoms with Crippen molar-refractivity contribution in [3.05, 3.63) is 11.4 Å². The van der Waals surface area contributed by atoms with E-state index in [0.717, 1.165) is 30.0 Å². The third kappa shape index (κ3) is 3.78. The van der Waals surface area contributed by atoms with E-state index < -0.39 is 0 Å². The molecule has 4 N–H and O–H groups in total. The maximum Gasteiger partial charge on any atom is 0.148 e. The maximum atomic E-state index is 5.60. The zero-order valence-corrected chi connectivity index (χ0v) is 12.1. The standard InChI is InChI=1S/C13H23N5O2/c1-3-4-11-16-12(9(2)13(17-11)18-14)15-7-10-8-19-5-6-20-10/h10H,3-8,14H2,1-2H3,(H2,15,16,17,18). The van der Waals surface area contributed by atoms with Crippen LogP contribution in [0.15, 0.2) is 0 Å². The minimum Gasteiger partial charge on any atom is -0.376 e. The summed E-state index contributed by atoms with van der Waals surface area (Å²) in [6.07, 6.45) is 1.88. The molecule has 1 unspecified atom stereocenters. The van der Waals surface area contributed by atoms with Crippen molar-refractivity contribution in [1.82, 2.24) is 9.97 Å². The Kier molecular flexibility index (Phi) is 5.51. The average Bonchev–Trinajstić information content (AvgIpc) is 2.48. The molecule has 0 aromatic carbocycles. The quantitative estimate of drug-likeness (QED) is 0.525. The Morgan fingerprint density at radius 3 is 2.75 bits per heavy atom. The van der Waals surface area contributed by atoms with Crippen LogP contribution in [0.5, 0.6) is 0 Å². The summed E-state index contributed by atoms with van der Waals surface area (Å²) in [5.74, 6) is 7.75. The maximum absolute atomic E-state index is 5.60. The summed E-state index contributed by atoms with van der Waals surface area (Å²) in [6.45, 7) is 6.62. The van der Waals surface area contributed by atoms with Gasteiger partial charge in [-0.1, -0.05) is 6.92 Å². The molecule has 0 aliphatic carbocycles. The summed E-state index contributed by atoms with van der Waals surface area (Å²) >= 11 is 0. The third-order valence-electron chi connectivity index (χ3n) is 3.18. The van der Waals surface area contributed by atoms with E-state index in [2.05, 4.69) is 27.6 Å². The van der Waals surface area contributed by atoms with E-state index in [1.807, 2.05) is 6.92 Å². The average molecular weight is 281 g/mol. The SMILES string of the molecule is CCCc1nc(NN)c(C)c(NCC2COCCO2)n1. The van der Waals surface area contributed by atoms with Crippen molar-refractivity contribution in [2.45, 2.75) is 32.8 Å². The smallest absolute Gasteiger partial charge is 0.148 e. The molecule has 2 heterocycles. The number of hydrogen-bond acceptors (Lipinski definition) is 7. The Hall–Kier alpha value is -1.44.